The van der Waals surface area contributed by atoms with E-state index in [4.69, 9.17) is 5.26 Å². The number of nitriles is 1. The van der Waals surface area contributed by atoms with Crippen LogP contribution in [0.3, 0.4) is 0 Å². The zero-order chi connectivity index (χ0) is 10.3. The lowest BCUT2D eigenvalue weighted by Gasteiger charge is -2.16. The summed E-state index contributed by atoms with van der Waals surface area (Å²) in [5, 5.41) is 12.0. The van der Waals surface area contributed by atoms with E-state index in [9.17, 15) is 0 Å². The highest BCUT2D eigenvalue weighted by molar-refractivity contribution is 4.93. The van der Waals surface area contributed by atoms with E-state index in [1.807, 2.05) is 13.8 Å². The van der Waals surface area contributed by atoms with Crippen LogP contribution >= 0.6 is 0 Å². The molecule has 0 heterocycles. The lowest BCUT2D eigenvalue weighted by atomic mass is 9.96. The van der Waals surface area contributed by atoms with Crippen LogP contribution in [0.15, 0.2) is 0 Å². The molecule has 0 aromatic heterocycles. The molecule has 1 N–H and O–H groups in total. The van der Waals surface area contributed by atoms with Crippen LogP contribution in [0.1, 0.15) is 20.3 Å². The minimum Gasteiger partial charge on any atom is -0.315 e. The Balaban J connectivity index is 3.32. The number of nitrogens with one attached hydrogen (secondary N) is 1. The fourth-order valence-electron chi connectivity index (χ4n) is 0.961. The molecule has 3 heteroatoms. The molecular formula is C10H21N3. The van der Waals surface area contributed by atoms with Gasteiger partial charge in [-0.15, -0.1) is 0 Å². The van der Waals surface area contributed by atoms with Gasteiger partial charge in [-0.25, -0.2) is 0 Å². The number of hydrogen-bond donors (Lipinski definition) is 1. The van der Waals surface area contributed by atoms with Gasteiger partial charge in [0, 0.05) is 6.54 Å². The van der Waals surface area contributed by atoms with E-state index in [0.717, 1.165) is 26.1 Å². The van der Waals surface area contributed by atoms with Crippen molar-refractivity contribution >= 4 is 0 Å². The highest BCUT2D eigenvalue weighted by Crippen LogP contribution is 2.10. The summed E-state index contributed by atoms with van der Waals surface area (Å²) in [6.07, 6.45) is 1.13. The predicted molar refractivity (Wildman–Crippen MR) is 55.4 cm³/mol. The smallest absolute Gasteiger partial charge is 0.0697 e. The van der Waals surface area contributed by atoms with Crippen LogP contribution in [0.4, 0.5) is 0 Å². The second kappa shape index (κ2) is 5.95. The zero-order valence-corrected chi connectivity index (χ0v) is 9.22. The van der Waals surface area contributed by atoms with E-state index in [2.05, 4.69) is 30.4 Å². The van der Waals surface area contributed by atoms with Crippen LogP contribution in [0.25, 0.3) is 0 Å². The van der Waals surface area contributed by atoms with Gasteiger partial charge in [0.1, 0.15) is 0 Å². The molecule has 0 bridgehead atoms. The molecular weight excluding hydrogens is 162 g/mol. The summed E-state index contributed by atoms with van der Waals surface area (Å²) in [6.45, 7) is 6.76. The molecule has 0 aliphatic rings. The number of hydrogen-bond acceptors (Lipinski definition) is 3. The fraction of sp³-hybridized carbons (Fsp3) is 0.900. The van der Waals surface area contributed by atoms with Crippen LogP contribution < -0.4 is 5.32 Å². The van der Waals surface area contributed by atoms with Crippen molar-refractivity contribution in [1.29, 1.82) is 5.26 Å². The summed E-state index contributed by atoms with van der Waals surface area (Å²) >= 11 is 0. The van der Waals surface area contributed by atoms with Crippen molar-refractivity contribution in [2.75, 3.05) is 33.7 Å². The fourth-order valence-corrected chi connectivity index (χ4v) is 0.961. The van der Waals surface area contributed by atoms with Gasteiger partial charge < -0.3 is 10.2 Å². The van der Waals surface area contributed by atoms with Gasteiger partial charge in [-0.05, 0) is 47.5 Å². The second-order valence-corrected chi connectivity index (χ2v) is 4.33. The molecule has 0 aliphatic heterocycles. The standard InChI is InChI=1S/C10H21N3/c1-10(2,8-11)9-12-6-5-7-13(3)4/h12H,5-7,9H2,1-4H3. The molecule has 0 radical (unpaired) electrons. The molecule has 0 amide bonds. The van der Waals surface area contributed by atoms with Gasteiger partial charge in [0.05, 0.1) is 11.5 Å². The molecule has 0 spiro atoms. The van der Waals surface area contributed by atoms with E-state index in [1.165, 1.54) is 0 Å². The molecule has 0 saturated carbocycles. The Bertz CT molecular complexity index is 167. The quantitative estimate of drug-likeness (QED) is 0.626. The lowest BCUT2D eigenvalue weighted by molar-refractivity contribution is 0.381. The van der Waals surface area contributed by atoms with Gasteiger partial charge >= 0.3 is 0 Å². The van der Waals surface area contributed by atoms with Crippen molar-refractivity contribution < 1.29 is 0 Å². The zero-order valence-electron chi connectivity index (χ0n) is 9.22. The van der Waals surface area contributed by atoms with E-state index in [-0.39, 0.29) is 5.41 Å². The second-order valence-electron chi connectivity index (χ2n) is 4.33. The Labute approximate surface area is 81.7 Å². The van der Waals surface area contributed by atoms with Crippen LogP contribution in [0.2, 0.25) is 0 Å². The van der Waals surface area contributed by atoms with Crippen LogP contribution in [0, 0.1) is 16.7 Å². The summed E-state index contributed by atoms with van der Waals surface area (Å²) in [6, 6.07) is 2.27. The average Bonchev–Trinajstić information content (AvgIpc) is 2.03. The minimum absolute atomic E-state index is 0.238. The van der Waals surface area contributed by atoms with E-state index >= 15 is 0 Å². The van der Waals surface area contributed by atoms with Crippen molar-refractivity contribution in [3.63, 3.8) is 0 Å². The Hall–Kier alpha value is -0.590. The largest absolute Gasteiger partial charge is 0.315 e. The SMILES string of the molecule is CN(C)CCCNCC(C)(C)C#N. The van der Waals surface area contributed by atoms with Gasteiger partial charge in [-0.2, -0.15) is 5.26 Å². The lowest BCUT2D eigenvalue weighted by Crippen LogP contribution is -2.30. The summed E-state index contributed by atoms with van der Waals surface area (Å²) < 4.78 is 0. The van der Waals surface area contributed by atoms with Crippen LogP contribution in [-0.4, -0.2) is 38.6 Å². The predicted octanol–water partition coefficient (Wildman–Crippen LogP) is 1.08. The molecule has 13 heavy (non-hydrogen) atoms. The molecule has 0 atom stereocenters. The van der Waals surface area contributed by atoms with Crippen LogP contribution in [0.5, 0.6) is 0 Å². The van der Waals surface area contributed by atoms with Crippen molar-refractivity contribution in [2.45, 2.75) is 20.3 Å². The highest BCUT2D eigenvalue weighted by atomic mass is 15.1. The Morgan fingerprint density at radius 2 is 2.00 bits per heavy atom. The average molecular weight is 183 g/mol. The topological polar surface area (TPSA) is 39.1 Å². The number of rotatable bonds is 6. The molecule has 0 aliphatic carbocycles. The van der Waals surface area contributed by atoms with Gasteiger partial charge in [-0.3, -0.25) is 0 Å². The Morgan fingerprint density at radius 3 is 2.46 bits per heavy atom. The number of nitrogens with zero attached hydrogens (tertiary/aromatic N) is 2. The minimum atomic E-state index is -0.238. The summed E-state index contributed by atoms with van der Waals surface area (Å²) in [7, 11) is 4.14. The third-order valence-electron chi connectivity index (χ3n) is 1.83. The highest BCUT2D eigenvalue weighted by Gasteiger charge is 2.14. The maximum atomic E-state index is 8.74. The van der Waals surface area contributed by atoms with Crippen LogP contribution in [-0.2, 0) is 0 Å². The van der Waals surface area contributed by atoms with Gasteiger partial charge in [0.2, 0.25) is 0 Å². The van der Waals surface area contributed by atoms with Crippen molar-refractivity contribution in [3.05, 3.63) is 0 Å². The summed E-state index contributed by atoms with van der Waals surface area (Å²) in [5.74, 6) is 0. The third-order valence-corrected chi connectivity index (χ3v) is 1.83. The molecule has 0 fully saturated rings. The Morgan fingerprint density at radius 1 is 1.38 bits per heavy atom. The molecule has 0 rings (SSSR count). The first-order chi connectivity index (χ1) is 5.98. The van der Waals surface area contributed by atoms with Crippen molar-refractivity contribution in [2.24, 2.45) is 5.41 Å². The van der Waals surface area contributed by atoms with Gasteiger partial charge in [0.25, 0.3) is 0 Å². The van der Waals surface area contributed by atoms with Gasteiger partial charge in [-0.1, -0.05) is 0 Å². The molecule has 0 unspecified atom stereocenters. The van der Waals surface area contributed by atoms with Gasteiger partial charge in [0.15, 0.2) is 0 Å². The van der Waals surface area contributed by atoms with E-state index < -0.39 is 0 Å². The third kappa shape index (κ3) is 7.76. The first-order valence-corrected chi connectivity index (χ1v) is 4.74. The first kappa shape index (κ1) is 12.4. The monoisotopic (exact) mass is 183 g/mol. The van der Waals surface area contributed by atoms with Crippen molar-refractivity contribution in [3.8, 4) is 6.07 Å². The molecule has 3 nitrogen and oxygen atoms in total. The summed E-state index contributed by atoms with van der Waals surface area (Å²) in [5.41, 5.74) is -0.238. The maximum Gasteiger partial charge on any atom is 0.0697 e. The first-order valence-electron chi connectivity index (χ1n) is 4.74. The normalized spacial score (nSPS) is 11.7. The van der Waals surface area contributed by atoms with E-state index in [1.54, 1.807) is 0 Å². The molecule has 76 valence electrons. The molecule has 0 aromatic rings. The van der Waals surface area contributed by atoms with Crippen molar-refractivity contribution in [1.82, 2.24) is 10.2 Å². The Kier molecular flexibility index (Phi) is 5.68. The summed E-state index contributed by atoms with van der Waals surface area (Å²) in [4.78, 5) is 2.16. The maximum absolute atomic E-state index is 8.74. The van der Waals surface area contributed by atoms with E-state index in [0.29, 0.717) is 0 Å². The molecule has 0 aromatic carbocycles. The molecule has 0 saturated heterocycles.